The summed E-state index contributed by atoms with van der Waals surface area (Å²) in [7, 11) is 0. The lowest BCUT2D eigenvalue weighted by atomic mass is 9.82. The molecule has 1 heterocycles. The quantitative estimate of drug-likeness (QED) is 0.515. The Hall–Kier alpha value is -0.0400. The first-order valence-electron chi connectivity index (χ1n) is 8.72. The van der Waals surface area contributed by atoms with Gasteiger partial charge in [0.2, 0.25) is 0 Å². The van der Waals surface area contributed by atoms with Crippen LogP contribution in [0.4, 0.5) is 0 Å². The molecule has 0 spiro atoms. The van der Waals surface area contributed by atoms with Crippen LogP contribution in [0.25, 0.3) is 0 Å². The summed E-state index contributed by atoms with van der Waals surface area (Å²) in [5.41, 5.74) is 0.433. The molecule has 0 saturated carbocycles. The molecule has 1 fully saturated rings. The molecule has 1 aliphatic heterocycles. The first-order chi connectivity index (χ1) is 8.96. The van der Waals surface area contributed by atoms with Gasteiger partial charge in [-0.2, -0.15) is 0 Å². The van der Waals surface area contributed by atoms with Gasteiger partial charge in [0, 0.05) is 12.1 Å². The first kappa shape index (κ1) is 17.0. The van der Waals surface area contributed by atoms with Crippen LogP contribution in [0.2, 0.25) is 0 Å². The molecule has 0 bridgehead atoms. The van der Waals surface area contributed by atoms with E-state index in [9.17, 15) is 0 Å². The number of likely N-dealkylation sites (tertiary alicyclic amines) is 1. The molecule has 19 heavy (non-hydrogen) atoms. The van der Waals surface area contributed by atoms with E-state index in [0.717, 1.165) is 12.1 Å². The van der Waals surface area contributed by atoms with Gasteiger partial charge in [0.05, 0.1) is 0 Å². The van der Waals surface area contributed by atoms with E-state index in [1.165, 1.54) is 64.3 Å². The van der Waals surface area contributed by atoms with Crippen LogP contribution in [0.1, 0.15) is 92.4 Å². The van der Waals surface area contributed by atoms with Crippen molar-refractivity contribution in [3.05, 3.63) is 0 Å². The molecule has 1 heteroatoms. The van der Waals surface area contributed by atoms with Crippen LogP contribution in [0, 0.1) is 5.41 Å². The minimum absolute atomic E-state index is 0.433. The van der Waals surface area contributed by atoms with Crippen molar-refractivity contribution in [1.82, 2.24) is 4.90 Å². The maximum atomic E-state index is 2.80. The monoisotopic (exact) mass is 267 g/mol. The van der Waals surface area contributed by atoms with Gasteiger partial charge < -0.3 is 0 Å². The Labute approximate surface area is 122 Å². The van der Waals surface area contributed by atoms with Gasteiger partial charge in [-0.15, -0.1) is 0 Å². The maximum absolute atomic E-state index is 2.80. The highest BCUT2D eigenvalue weighted by Gasteiger charge is 2.34. The molecule has 0 aliphatic carbocycles. The van der Waals surface area contributed by atoms with Crippen molar-refractivity contribution < 1.29 is 0 Å². The van der Waals surface area contributed by atoms with E-state index in [2.05, 4.69) is 39.5 Å². The SMILES string of the molecule is CCCCCCCCC(N1CCCC1C)C(C)(C)C. The van der Waals surface area contributed by atoms with E-state index in [4.69, 9.17) is 0 Å². The minimum atomic E-state index is 0.433. The van der Waals surface area contributed by atoms with Crippen molar-refractivity contribution >= 4 is 0 Å². The summed E-state index contributed by atoms with van der Waals surface area (Å²) in [4.78, 5) is 2.80. The maximum Gasteiger partial charge on any atom is 0.0147 e. The molecule has 0 aromatic carbocycles. The van der Waals surface area contributed by atoms with Gasteiger partial charge in [-0.05, 0) is 38.1 Å². The highest BCUT2D eigenvalue weighted by molar-refractivity contribution is 4.89. The van der Waals surface area contributed by atoms with Gasteiger partial charge in [0.15, 0.2) is 0 Å². The van der Waals surface area contributed by atoms with Crippen LogP contribution >= 0.6 is 0 Å². The summed E-state index contributed by atoms with van der Waals surface area (Å²) in [5, 5.41) is 0. The largest absolute Gasteiger partial charge is 0.297 e. The third-order valence-corrected chi connectivity index (χ3v) is 4.84. The van der Waals surface area contributed by atoms with E-state index in [-0.39, 0.29) is 0 Å². The lowest BCUT2D eigenvalue weighted by Crippen LogP contribution is -2.45. The second kappa shape index (κ2) is 8.29. The van der Waals surface area contributed by atoms with Crippen molar-refractivity contribution in [2.75, 3.05) is 6.54 Å². The van der Waals surface area contributed by atoms with Gasteiger partial charge in [0.1, 0.15) is 0 Å². The van der Waals surface area contributed by atoms with Crippen molar-refractivity contribution in [3.63, 3.8) is 0 Å². The average molecular weight is 268 g/mol. The fraction of sp³-hybridized carbons (Fsp3) is 1.00. The second-order valence-electron chi connectivity index (χ2n) is 7.67. The average Bonchev–Trinajstić information content (AvgIpc) is 2.73. The number of unbranched alkanes of at least 4 members (excludes halogenated alkanes) is 5. The zero-order chi connectivity index (χ0) is 14.3. The van der Waals surface area contributed by atoms with Gasteiger partial charge in [-0.25, -0.2) is 0 Å². The Morgan fingerprint density at radius 2 is 1.68 bits per heavy atom. The zero-order valence-corrected chi connectivity index (χ0v) is 14.2. The Morgan fingerprint density at radius 3 is 2.21 bits per heavy atom. The summed E-state index contributed by atoms with van der Waals surface area (Å²) in [5.74, 6) is 0. The molecule has 1 nitrogen and oxygen atoms in total. The lowest BCUT2D eigenvalue weighted by molar-refractivity contribution is 0.0836. The van der Waals surface area contributed by atoms with E-state index >= 15 is 0 Å². The van der Waals surface area contributed by atoms with Crippen molar-refractivity contribution in [1.29, 1.82) is 0 Å². The number of hydrogen-bond donors (Lipinski definition) is 0. The van der Waals surface area contributed by atoms with Crippen LogP contribution < -0.4 is 0 Å². The van der Waals surface area contributed by atoms with Gasteiger partial charge in [0.25, 0.3) is 0 Å². The molecular weight excluding hydrogens is 230 g/mol. The third kappa shape index (κ3) is 5.85. The molecule has 0 aromatic rings. The molecule has 0 amide bonds. The molecule has 114 valence electrons. The van der Waals surface area contributed by atoms with E-state index in [0.29, 0.717) is 5.41 Å². The zero-order valence-electron chi connectivity index (χ0n) is 14.2. The van der Waals surface area contributed by atoms with Crippen LogP contribution in [0.3, 0.4) is 0 Å². The Kier molecular flexibility index (Phi) is 7.42. The van der Waals surface area contributed by atoms with E-state index < -0.39 is 0 Å². The van der Waals surface area contributed by atoms with Gasteiger partial charge >= 0.3 is 0 Å². The molecule has 2 atom stereocenters. The Balaban J connectivity index is 2.34. The van der Waals surface area contributed by atoms with Crippen LogP contribution in [0.5, 0.6) is 0 Å². The highest BCUT2D eigenvalue weighted by Crippen LogP contribution is 2.33. The fourth-order valence-electron chi connectivity index (χ4n) is 3.63. The van der Waals surface area contributed by atoms with E-state index in [1.807, 2.05) is 0 Å². The molecule has 2 unspecified atom stereocenters. The standard InChI is InChI=1S/C18H37N/c1-6-7-8-9-10-11-14-17(18(3,4)5)19-15-12-13-16(19)2/h16-17H,6-15H2,1-5H3. The summed E-state index contributed by atoms with van der Waals surface area (Å²) < 4.78 is 0. The Morgan fingerprint density at radius 1 is 1.05 bits per heavy atom. The summed E-state index contributed by atoms with van der Waals surface area (Å²) in [6.45, 7) is 13.3. The molecule has 1 aliphatic rings. The summed E-state index contributed by atoms with van der Waals surface area (Å²) in [6, 6.07) is 1.60. The first-order valence-corrected chi connectivity index (χ1v) is 8.72. The topological polar surface area (TPSA) is 3.24 Å². The second-order valence-corrected chi connectivity index (χ2v) is 7.67. The number of rotatable bonds is 8. The minimum Gasteiger partial charge on any atom is -0.297 e. The van der Waals surface area contributed by atoms with Crippen LogP contribution in [-0.2, 0) is 0 Å². The Bertz CT molecular complexity index is 228. The smallest absolute Gasteiger partial charge is 0.0147 e. The van der Waals surface area contributed by atoms with Crippen molar-refractivity contribution in [3.8, 4) is 0 Å². The summed E-state index contributed by atoms with van der Waals surface area (Å²) >= 11 is 0. The van der Waals surface area contributed by atoms with Crippen molar-refractivity contribution in [2.45, 2.75) is 104 Å². The molecular formula is C18H37N. The highest BCUT2D eigenvalue weighted by atomic mass is 15.2. The predicted molar refractivity (Wildman–Crippen MR) is 86.6 cm³/mol. The van der Waals surface area contributed by atoms with Crippen LogP contribution in [0.15, 0.2) is 0 Å². The number of hydrogen-bond acceptors (Lipinski definition) is 1. The fourth-order valence-corrected chi connectivity index (χ4v) is 3.63. The van der Waals surface area contributed by atoms with Gasteiger partial charge in [-0.3, -0.25) is 4.90 Å². The molecule has 0 N–H and O–H groups in total. The molecule has 0 radical (unpaired) electrons. The number of nitrogens with zero attached hydrogens (tertiary/aromatic N) is 1. The van der Waals surface area contributed by atoms with Crippen molar-refractivity contribution in [2.24, 2.45) is 5.41 Å². The third-order valence-electron chi connectivity index (χ3n) is 4.84. The summed E-state index contributed by atoms with van der Waals surface area (Å²) in [6.07, 6.45) is 12.7. The van der Waals surface area contributed by atoms with Gasteiger partial charge in [-0.1, -0.05) is 66.2 Å². The lowest BCUT2D eigenvalue weighted by Gasteiger charge is -2.40. The predicted octanol–water partition coefficient (Wildman–Crippen LogP) is 5.64. The molecule has 0 aromatic heterocycles. The van der Waals surface area contributed by atoms with E-state index in [1.54, 1.807) is 0 Å². The molecule has 1 rings (SSSR count). The normalized spacial score (nSPS) is 22.9. The van der Waals surface area contributed by atoms with Crippen LogP contribution in [-0.4, -0.2) is 23.5 Å². The molecule has 1 saturated heterocycles.